The van der Waals surface area contributed by atoms with E-state index in [4.69, 9.17) is 21.1 Å². The van der Waals surface area contributed by atoms with E-state index in [-0.39, 0.29) is 6.61 Å². The van der Waals surface area contributed by atoms with Crippen molar-refractivity contribution in [2.45, 2.75) is 31.0 Å². The van der Waals surface area contributed by atoms with Crippen molar-refractivity contribution in [3.63, 3.8) is 0 Å². The monoisotopic (exact) mass is 350 g/mol. The molecule has 1 saturated heterocycles. The van der Waals surface area contributed by atoms with Crippen molar-refractivity contribution in [2.24, 2.45) is 0 Å². The maximum atomic E-state index is 9.93. The van der Waals surface area contributed by atoms with E-state index >= 15 is 0 Å². The molecule has 1 aliphatic rings. The Bertz CT molecular complexity index is 675. The SMILES string of the molecule is O[C@@H]1[C@@H](O)[C@@H](Oc2cccc(Cc3ccc(Cl)cc3)c2)OC[C@H]1O. The van der Waals surface area contributed by atoms with Crippen LogP contribution in [0.5, 0.6) is 5.75 Å². The number of benzene rings is 2. The van der Waals surface area contributed by atoms with Crippen LogP contribution in [0.1, 0.15) is 11.1 Å². The van der Waals surface area contributed by atoms with Gasteiger partial charge in [0.2, 0.25) is 6.29 Å². The quantitative estimate of drug-likeness (QED) is 0.783. The third-order valence-corrected chi connectivity index (χ3v) is 4.18. The Morgan fingerprint density at radius 3 is 2.50 bits per heavy atom. The molecule has 24 heavy (non-hydrogen) atoms. The molecule has 0 saturated carbocycles. The average Bonchev–Trinajstić information content (AvgIpc) is 2.58. The molecule has 6 heteroatoms. The molecular weight excluding hydrogens is 332 g/mol. The molecule has 0 radical (unpaired) electrons. The van der Waals surface area contributed by atoms with Crippen molar-refractivity contribution in [3.8, 4) is 5.75 Å². The molecule has 1 aliphatic heterocycles. The number of hydrogen-bond donors (Lipinski definition) is 3. The Morgan fingerprint density at radius 1 is 1.00 bits per heavy atom. The number of hydrogen-bond acceptors (Lipinski definition) is 5. The summed E-state index contributed by atoms with van der Waals surface area (Å²) < 4.78 is 10.9. The number of rotatable bonds is 4. The fourth-order valence-corrected chi connectivity index (χ4v) is 2.71. The van der Waals surface area contributed by atoms with Crippen molar-refractivity contribution >= 4 is 11.6 Å². The van der Waals surface area contributed by atoms with Crippen LogP contribution in [0.4, 0.5) is 0 Å². The van der Waals surface area contributed by atoms with Gasteiger partial charge in [-0.25, -0.2) is 0 Å². The van der Waals surface area contributed by atoms with E-state index in [2.05, 4.69) is 0 Å². The zero-order chi connectivity index (χ0) is 17.1. The van der Waals surface area contributed by atoms with Crippen molar-refractivity contribution < 1.29 is 24.8 Å². The van der Waals surface area contributed by atoms with Gasteiger partial charge in [0.15, 0.2) is 0 Å². The lowest BCUT2D eigenvalue weighted by atomic mass is 10.0. The van der Waals surface area contributed by atoms with Crippen LogP contribution in [0.2, 0.25) is 5.02 Å². The van der Waals surface area contributed by atoms with Gasteiger partial charge in [0.25, 0.3) is 0 Å². The minimum absolute atomic E-state index is 0.0899. The Hall–Kier alpha value is -1.63. The maximum Gasteiger partial charge on any atom is 0.228 e. The topological polar surface area (TPSA) is 79.2 Å². The molecule has 3 N–H and O–H groups in total. The minimum Gasteiger partial charge on any atom is -0.462 e. The van der Waals surface area contributed by atoms with E-state index in [1.54, 1.807) is 6.07 Å². The minimum atomic E-state index is -1.31. The summed E-state index contributed by atoms with van der Waals surface area (Å²) in [4.78, 5) is 0. The molecule has 1 heterocycles. The molecule has 1 fully saturated rings. The van der Waals surface area contributed by atoms with E-state index in [1.165, 1.54) is 0 Å². The first kappa shape index (κ1) is 17.2. The van der Waals surface area contributed by atoms with Crippen LogP contribution in [-0.2, 0) is 11.2 Å². The van der Waals surface area contributed by atoms with Gasteiger partial charge < -0.3 is 24.8 Å². The van der Waals surface area contributed by atoms with Gasteiger partial charge in [-0.3, -0.25) is 0 Å². The Morgan fingerprint density at radius 2 is 1.75 bits per heavy atom. The fraction of sp³-hybridized carbons (Fsp3) is 0.333. The van der Waals surface area contributed by atoms with Crippen molar-refractivity contribution in [1.82, 2.24) is 0 Å². The lowest BCUT2D eigenvalue weighted by Gasteiger charge is -2.34. The predicted octanol–water partition coefficient (Wildman–Crippen LogP) is 1.75. The molecule has 0 unspecified atom stereocenters. The van der Waals surface area contributed by atoms with Gasteiger partial charge in [-0.1, -0.05) is 35.9 Å². The Kier molecular flexibility index (Phi) is 5.38. The summed E-state index contributed by atoms with van der Waals surface area (Å²) in [7, 11) is 0. The third-order valence-electron chi connectivity index (χ3n) is 3.93. The van der Waals surface area contributed by atoms with Gasteiger partial charge in [-0.15, -0.1) is 0 Å². The normalized spacial score (nSPS) is 27.0. The van der Waals surface area contributed by atoms with Crippen molar-refractivity contribution in [2.75, 3.05) is 6.61 Å². The molecule has 0 aromatic heterocycles. The molecule has 3 rings (SSSR count). The third kappa shape index (κ3) is 4.06. The predicted molar refractivity (Wildman–Crippen MR) is 89.1 cm³/mol. The van der Waals surface area contributed by atoms with Crippen LogP contribution in [0.15, 0.2) is 48.5 Å². The average molecular weight is 351 g/mol. The summed E-state index contributed by atoms with van der Waals surface area (Å²) in [6.07, 6.45) is -4.02. The van der Waals surface area contributed by atoms with Crippen LogP contribution in [0.3, 0.4) is 0 Å². The largest absolute Gasteiger partial charge is 0.462 e. The molecule has 5 nitrogen and oxygen atoms in total. The fourth-order valence-electron chi connectivity index (χ4n) is 2.58. The molecule has 2 aromatic rings. The lowest BCUT2D eigenvalue weighted by molar-refractivity contribution is -0.242. The molecule has 0 amide bonds. The zero-order valence-electron chi connectivity index (χ0n) is 12.9. The second kappa shape index (κ2) is 7.51. The number of aliphatic hydroxyl groups is 3. The van der Waals surface area contributed by atoms with Crippen LogP contribution in [0, 0.1) is 0 Å². The number of aliphatic hydroxyl groups excluding tert-OH is 3. The first-order chi connectivity index (χ1) is 11.5. The summed E-state index contributed by atoms with van der Waals surface area (Å²) in [6.45, 7) is -0.0899. The molecule has 4 atom stereocenters. The smallest absolute Gasteiger partial charge is 0.228 e. The Labute approximate surface area is 145 Å². The van der Waals surface area contributed by atoms with E-state index in [0.29, 0.717) is 17.2 Å². The highest BCUT2D eigenvalue weighted by Gasteiger charge is 2.38. The standard InChI is InChI=1S/C18H19ClO5/c19-13-6-4-11(5-7-13)8-12-2-1-3-14(9-12)24-18-17(22)16(21)15(20)10-23-18/h1-7,9,15-18,20-22H,8,10H2/t15-,16+,17-,18-/m1/s1. The Balaban J connectivity index is 1.68. The van der Waals surface area contributed by atoms with Gasteiger partial charge >= 0.3 is 0 Å². The van der Waals surface area contributed by atoms with Gasteiger partial charge in [-0.2, -0.15) is 0 Å². The first-order valence-corrected chi connectivity index (χ1v) is 8.06. The van der Waals surface area contributed by atoms with E-state index in [9.17, 15) is 15.3 Å². The molecule has 0 aliphatic carbocycles. The number of halogens is 1. The summed E-state index contributed by atoms with van der Waals surface area (Å²) in [5.41, 5.74) is 2.14. The van der Waals surface area contributed by atoms with Gasteiger partial charge in [-0.05, 0) is 41.8 Å². The molecular formula is C18H19ClO5. The second-order valence-electron chi connectivity index (χ2n) is 5.82. The highest BCUT2D eigenvalue weighted by molar-refractivity contribution is 6.30. The van der Waals surface area contributed by atoms with Gasteiger partial charge in [0, 0.05) is 5.02 Å². The lowest BCUT2D eigenvalue weighted by Crippen LogP contribution is -2.54. The van der Waals surface area contributed by atoms with E-state index in [1.807, 2.05) is 42.5 Å². The van der Waals surface area contributed by atoms with E-state index in [0.717, 1.165) is 11.1 Å². The number of ether oxygens (including phenoxy) is 2. The van der Waals surface area contributed by atoms with Crippen LogP contribution >= 0.6 is 11.6 Å². The highest BCUT2D eigenvalue weighted by atomic mass is 35.5. The van der Waals surface area contributed by atoms with Crippen LogP contribution in [-0.4, -0.2) is 46.5 Å². The van der Waals surface area contributed by atoms with E-state index < -0.39 is 24.6 Å². The first-order valence-electron chi connectivity index (χ1n) is 7.69. The van der Waals surface area contributed by atoms with Crippen molar-refractivity contribution in [1.29, 1.82) is 0 Å². The zero-order valence-corrected chi connectivity index (χ0v) is 13.6. The maximum absolute atomic E-state index is 9.93. The molecule has 0 bridgehead atoms. The second-order valence-corrected chi connectivity index (χ2v) is 6.26. The van der Waals surface area contributed by atoms with Crippen LogP contribution < -0.4 is 4.74 Å². The summed E-state index contributed by atoms with van der Waals surface area (Å²) in [5, 5.41) is 29.8. The highest BCUT2D eigenvalue weighted by Crippen LogP contribution is 2.23. The molecule has 0 spiro atoms. The summed E-state index contributed by atoms with van der Waals surface area (Å²) >= 11 is 5.89. The van der Waals surface area contributed by atoms with Gasteiger partial charge in [0.1, 0.15) is 24.1 Å². The van der Waals surface area contributed by atoms with Crippen LogP contribution in [0.25, 0.3) is 0 Å². The molecule has 128 valence electrons. The molecule has 2 aromatic carbocycles. The summed E-state index contributed by atoms with van der Waals surface area (Å²) in [6, 6.07) is 15.0. The summed E-state index contributed by atoms with van der Waals surface area (Å²) in [5.74, 6) is 0.522. The van der Waals surface area contributed by atoms with Gasteiger partial charge in [0.05, 0.1) is 6.61 Å². The van der Waals surface area contributed by atoms with Crippen molar-refractivity contribution in [3.05, 3.63) is 64.7 Å².